The van der Waals surface area contributed by atoms with Crippen molar-refractivity contribution >= 4 is 5.82 Å². The number of hydrogen-bond acceptors (Lipinski definition) is 4. The van der Waals surface area contributed by atoms with Crippen molar-refractivity contribution < 1.29 is 4.52 Å². The number of aromatic nitrogens is 3. The van der Waals surface area contributed by atoms with Gasteiger partial charge in [-0.15, -0.1) is 0 Å². The quantitative estimate of drug-likeness (QED) is 0.811. The van der Waals surface area contributed by atoms with E-state index in [2.05, 4.69) is 22.5 Å². The van der Waals surface area contributed by atoms with E-state index in [0.717, 1.165) is 30.9 Å². The molecule has 0 saturated carbocycles. The molecule has 5 nitrogen and oxygen atoms in total. The molecule has 1 N–H and O–H groups in total. The van der Waals surface area contributed by atoms with Crippen LogP contribution in [0, 0.1) is 0 Å². The molecule has 0 fully saturated rings. The number of nitrogens with zero attached hydrogens (tertiary/aromatic N) is 3. The van der Waals surface area contributed by atoms with Crippen molar-refractivity contribution in [3.63, 3.8) is 0 Å². The molecule has 2 rings (SSSR count). The van der Waals surface area contributed by atoms with Crippen molar-refractivity contribution in [2.24, 2.45) is 0 Å². The van der Waals surface area contributed by atoms with Gasteiger partial charge < -0.3 is 9.84 Å². The highest BCUT2D eigenvalue weighted by molar-refractivity contribution is 5.31. The summed E-state index contributed by atoms with van der Waals surface area (Å²) in [5, 5.41) is 11.1. The van der Waals surface area contributed by atoms with Crippen LogP contribution in [0.25, 0.3) is 0 Å². The molecule has 15 heavy (non-hydrogen) atoms. The fraction of sp³-hybridized carbons (Fsp3) is 0.400. The maximum atomic E-state index is 4.71. The summed E-state index contributed by atoms with van der Waals surface area (Å²) < 4.78 is 6.66. The Kier molecular flexibility index (Phi) is 3.02. The van der Waals surface area contributed by atoms with Crippen LogP contribution in [0.2, 0.25) is 0 Å². The second-order valence-electron chi connectivity index (χ2n) is 3.35. The van der Waals surface area contributed by atoms with Crippen LogP contribution < -0.4 is 5.32 Å². The molecule has 2 heterocycles. The van der Waals surface area contributed by atoms with Crippen molar-refractivity contribution in [1.29, 1.82) is 0 Å². The summed E-state index contributed by atoms with van der Waals surface area (Å²) in [7, 11) is 0. The highest BCUT2D eigenvalue weighted by Crippen LogP contribution is 2.05. The van der Waals surface area contributed by atoms with E-state index < -0.39 is 0 Å². The first kappa shape index (κ1) is 9.76. The van der Waals surface area contributed by atoms with Crippen molar-refractivity contribution in [1.82, 2.24) is 14.9 Å². The third-order valence-corrected chi connectivity index (χ3v) is 2.05. The van der Waals surface area contributed by atoms with E-state index in [4.69, 9.17) is 4.52 Å². The van der Waals surface area contributed by atoms with E-state index in [1.807, 2.05) is 17.1 Å². The van der Waals surface area contributed by atoms with Crippen molar-refractivity contribution in [3.8, 4) is 0 Å². The summed E-state index contributed by atoms with van der Waals surface area (Å²) in [5.41, 5.74) is 1.14. The van der Waals surface area contributed by atoms with E-state index >= 15 is 0 Å². The molecule has 0 aliphatic heterocycles. The first-order valence-electron chi connectivity index (χ1n) is 5.04. The minimum atomic E-state index is 0.718. The molecular weight excluding hydrogens is 192 g/mol. The summed E-state index contributed by atoms with van der Waals surface area (Å²) in [6.45, 7) is 3.81. The maximum Gasteiger partial charge on any atom is 0.169 e. The molecule has 0 aliphatic rings. The summed E-state index contributed by atoms with van der Waals surface area (Å²) in [6, 6.07) is 1.79. The summed E-state index contributed by atoms with van der Waals surface area (Å²) in [6.07, 6.45) is 6.54. The molecule has 2 aromatic heterocycles. The van der Waals surface area contributed by atoms with Crippen LogP contribution in [-0.2, 0) is 13.1 Å². The number of rotatable bonds is 5. The van der Waals surface area contributed by atoms with Crippen LogP contribution in [0.1, 0.15) is 18.9 Å². The summed E-state index contributed by atoms with van der Waals surface area (Å²) >= 11 is 0. The van der Waals surface area contributed by atoms with E-state index in [1.165, 1.54) is 0 Å². The number of anilines is 1. The molecule has 0 radical (unpaired) electrons. The second-order valence-corrected chi connectivity index (χ2v) is 3.35. The molecule has 2 aromatic rings. The monoisotopic (exact) mass is 206 g/mol. The van der Waals surface area contributed by atoms with E-state index in [9.17, 15) is 0 Å². The Morgan fingerprint density at radius 1 is 1.53 bits per heavy atom. The maximum absolute atomic E-state index is 4.71. The first-order valence-corrected chi connectivity index (χ1v) is 5.04. The molecule has 0 saturated heterocycles. The Hall–Kier alpha value is -1.78. The molecular formula is C10H14N4O. The van der Waals surface area contributed by atoms with Gasteiger partial charge in [0.1, 0.15) is 6.26 Å². The molecule has 5 heteroatoms. The molecule has 0 atom stereocenters. The van der Waals surface area contributed by atoms with Gasteiger partial charge in [0.05, 0.1) is 6.20 Å². The molecule has 0 aromatic carbocycles. The number of aryl methyl sites for hydroxylation is 1. The fourth-order valence-electron chi connectivity index (χ4n) is 1.35. The third-order valence-electron chi connectivity index (χ3n) is 2.05. The molecule has 0 amide bonds. The van der Waals surface area contributed by atoms with Gasteiger partial charge in [-0.05, 0) is 6.42 Å². The van der Waals surface area contributed by atoms with Gasteiger partial charge in [0.2, 0.25) is 0 Å². The third kappa shape index (κ3) is 2.59. The smallest absolute Gasteiger partial charge is 0.169 e. The van der Waals surface area contributed by atoms with Crippen LogP contribution in [0.4, 0.5) is 5.82 Å². The molecule has 80 valence electrons. The zero-order chi connectivity index (χ0) is 10.5. The highest BCUT2D eigenvalue weighted by atomic mass is 16.5. The van der Waals surface area contributed by atoms with Crippen molar-refractivity contribution in [3.05, 3.63) is 30.3 Å². The standard InChI is InChI=1S/C10H14N4O/c1-2-4-14-8-9(7-12-14)6-11-10-3-5-15-13-10/h3,5,7-8H,2,4,6H2,1H3,(H,11,13). The van der Waals surface area contributed by atoms with Crippen LogP contribution in [0.3, 0.4) is 0 Å². The van der Waals surface area contributed by atoms with Gasteiger partial charge in [0.25, 0.3) is 0 Å². The zero-order valence-electron chi connectivity index (χ0n) is 8.68. The number of hydrogen-bond donors (Lipinski definition) is 1. The minimum Gasteiger partial charge on any atom is -0.363 e. The van der Waals surface area contributed by atoms with Crippen LogP contribution in [0.15, 0.2) is 29.2 Å². The van der Waals surface area contributed by atoms with Crippen molar-refractivity contribution in [2.45, 2.75) is 26.4 Å². The Morgan fingerprint density at radius 2 is 2.47 bits per heavy atom. The van der Waals surface area contributed by atoms with Gasteiger partial charge in [-0.2, -0.15) is 5.10 Å². The normalized spacial score (nSPS) is 10.5. The second kappa shape index (κ2) is 4.63. The van der Waals surface area contributed by atoms with Crippen LogP contribution in [0.5, 0.6) is 0 Å². The first-order chi connectivity index (χ1) is 7.38. The van der Waals surface area contributed by atoms with Gasteiger partial charge >= 0.3 is 0 Å². The topological polar surface area (TPSA) is 55.9 Å². The molecule has 0 aliphatic carbocycles. The van der Waals surface area contributed by atoms with Gasteiger partial charge in [0, 0.05) is 30.9 Å². The van der Waals surface area contributed by atoms with Gasteiger partial charge in [-0.1, -0.05) is 12.1 Å². The predicted octanol–water partition coefficient (Wildman–Crippen LogP) is 1.89. The average molecular weight is 206 g/mol. The molecule has 0 spiro atoms. The Bertz CT molecular complexity index is 393. The molecule has 0 unspecified atom stereocenters. The van der Waals surface area contributed by atoms with E-state index in [-0.39, 0.29) is 0 Å². The minimum absolute atomic E-state index is 0.718. The molecule has 0 bridgehead atoms. The largest absolute Gasteiger partial charge is 0.363 e. The highest BCUT2D eigenvalue weighted by Gasteiger charge is 1.99. The lowest BCUT2D eigenvalue weighted by Gasteiger charge is -1.98. The predicted molar refractivity (Wildman–Crippen MR) is 56.3 cm³/mol. The lowest BCUT2D eigenvalue weighted by Crippen LogP contribution is -1.99. The van der Waals surface area contributed by atoms with Gasteiger partial charge in [0.15, 0.2) is 5.82 Å². The number of nitrogens with one attached hydrogen (secondary N) is 1. The van der Waals surface area contributed by atoms with E-state index in [0.29, 0.717) is 0 Å². The summed E-state index contributed by atoms with van der Waals surface area (Å²) in [4.78, 5) is 0. The fourth-order valence-corrected chi connectivity index (χ4v) is 1.35. The van der Waals surface area contributed by atoms with E-state index in [1.54, 1.807) is 12.3 Å². The van der Waals surface area contributed by atoms with Gasteiger partial charge in [-0.3, -0.25) is 4.68 Å². The van der Waals surface area contributed by atoms with Crippen molar-refractivity contribution in [2.75, 3.05) is 5.32 Å². The average Bonchev–Trinajstić information content (AvgIpc) is 2.85. The summed E-state index contributed by atoms with van der Waals surface area (Å²) in [5.74, 6) is 0.748. The lowest BCUT2D eigenvalue weighted by atomic mass is 10.3. The Morgan fingerprint density at radius 3 is 3.20 bits per heavy atom. The Labute approximate surface area is 88.1 Å². The zero-order valence-corrected chi connectivity index (χ0v) is 8.68. The van der Waals surface area contributed by atoms with Crippen LogP contribution in [-0.4, -0.2) is 14.9 Å². The lowest BCUT2D eigenvalue weighted by molar-refractivity contribution is 0.422. The Balaban J connectivity index is 1.88. The SMILES string of the molecule is CCCn1cc(CNc2ccon2)cn1. The van der Waals surface area contributed by atoms with Crippen LogP contribution >= 0.6 is 0 Å². The van der Waals surface area contributed by atoms with Gasteiger partial charge in [-0.25, -0.2) is 0 Å².